The van der Waals surface area contributed by atoms with Crippen molar-refractivity contribution in [1.29, 1.82) is 0 Å². The average molecular weight is 436 g/mol. The topological polar surface area (TPSA) is 108 Å². The molecule has 0 aliphatic carbocycles. The molecule has 0 aliphatic heterocycles. The van der Waals surface area contributed by atoms with E-state index in [1.807, 2.05) is 0 Å². The molecule has 30 heavy (non-hydrogen) atoms. The highest BCUT2D eigenvalue weighted by Gasteiger charge is 2.31. The van der Waals surface area contributed by atoms with Gasteiger partial charge in [-0.1, -0.05) is 6.07 Å². The Morgan fingerprint density at radius 1 is 1.13 bits per heavy atom. The van der Waals surface area contributed by atoms with Crippen molar-refractivity contribution in [3.05, 3.63) is 81.8 Å². The molecule has 3 N–H and O–H groups in total. The van der Waals surface area contributed by atoms with E-state index in [1.54, 1.807) is 0 Å². The molecular formula is C20H15F3N2O4S. The number of carbonyl (C=O) groups is 1. The Balaban J connectivity index is 2.27. The minimum Gasteiger partial charge on any atom is -0.606 e. The quantitative estimate of drug-likeness (QED) is 0.480. The third-order valence-corrected chi connectivity index (χ3v) is 5.87. The van der Waals surface area contributed by atoms with E-state index in [4.69, 9.17) is 5.73 Å². The first kappa shape index (κ1) is 21.5. The highest BCUT2D eigenvalue weighted by Crippen LogP contribution is 2.31. The van der Waals surface area contributed by atoms with Crippen LogP contribution in [-0.4, -0.2) is 20.2 Å². The summed E-state index contributed by atoms with van der Waals surface area (Å²) in [7, 11) is 0. The van der Waals surface area contributed by atoms with Crippen molar-refractivity contribution in [3.63, 3.8) is 0 Å². The van der Waals surface area contributed by atoms with Gasteiger partial charge in [-0.3, -0.25) is 9.36 Å². The summed E-state index contributed by atoms with van der Waals surface area (Å²) in [6, 6.07) is 10.9. The number of nitrogens with zero attached hydrogens (tertiary/aromatic N) is 1. The molecule has 0 aliphatic rings. The van der Waals surface area contributed by atoms with E-state index in [1.165, 1.54) is 37.3 Å². The van der Waals surface area contributed by atoms with E-state index in [0.717, 1.165) is 28.8 Å². The van der Waals surface area contributed by atoms with Crippen LogP contribution in [0.3, 0.4) is 0 Å². The zero-order valence-corrected chi connectivity index (χ0v) is 16.3. The first-order valence-corrected chi connectivity index (χ1v) is 9.60. The van der Waals surface area contributed by atoms with Gasteiger partial charge in [0.05, 0.1) is 11.3 Å². The number of carboxylic acid groups (broad SMARTS) is 1. The molecule has 6 nitrogen and oxygen atoms in total. The molecule has 3 rings (SSSR count). The van der Waals surface area contributed by atoms with Gasteiger partial charge in [-0.2, -0.15) is 13.2 Å². The predicted octanol–water partition coefficient (Wildman–Crippen LogP) is 3.61. The molecule has 2 aromatic carbocycles. The highest BCUT2D eigenvalue weighted by molar-refractivity contribution is 7.91. The molecule has 1 aromatic heterocycles. The number of nitrogen functional groups attached to an aromatic ring is 1. The summed E-state index contributed by atoms with van der Waals surface area (Å²) in [5.74, 6) is -1.59. The fraction of sp³-hybridized carbons (Fsp3) is 0.100. The second-order valence-corrected chi connectivity index (χ2v) is 7.79. The van der Waals surface area contributed by atoms with Crippen molar-refractivity contribution >= 4 is 22.8 Å². The third kappa shape index (κ3) is 4.05. The minimum atomic E-state index is -4.66. The molecule has 0 saturated heterocycles. The van der Waals surface area contributed by atoms with Crippen molar-refractivity contribution in [3.8, 4) is 5.69 Å². The van der Waals surface area contributed by atoms with Crippen LogP contribution in [0, 0.1) is 6.92 Å². The zero-order valence-electron chi connectivity index (χ0n) is 15.4. The van der Waals surface area contributed by atoms with Crippen molar-refractivity contribution in [2.45, 2.75) is 22.9 Å². The number of aromatic carboxylic acids is 1. The number of aromatic nitrogens is 1. The van der Waals surface area contributed by atoms with Crippen LogP contribution < -0.4 is 11.3 Å². The Labute approximate surface area is 171 Å². The van der Waals surface area contributed by atoms with Crippen LogP contribution in [0.2, 0.25) is 0 Å². The van der Waals surface area contributed by atoms with Gasteiger partial charge in [-0.15, -0.1) is 0 Å². The van der Waals surface area contributed by atoms with Crippen molar-refractivity contribution in [1.82, 2.24) is 4.57 Å². The van der Waals surface area contributed by atoms with Crippen LogP contribution in [0.4, 0.5) is 18.9 Å². The summed E-state index contributed by atoms with van der Waals surface area (Å²) in [4.78, 5) is 24.6. The number of benzene rings is 2. The fourth-order valence-corrected chi connectivity index (χ4v) is 4.09. The lowest BCUT2D eigenvalue weighted by atomic mass is 10.1. The van der Waals surface area contributed by atoms with Crippen molar-refractivity contribution in [2.24, 2.45) is 0 Å². The molecule has 3 aromatic rings. The monoisotopic (exact) mass is 436 g/mol. The molecule has 1 unspecified atom stereocenters. The smallest absolute Gasteiger partial charge is 0.416 e. The van der Waals surface area contributed by atoms with Gasteiger partial charge in [-0.05, 0) is 49.4 Å². The maximum absolute atomic E-state index is 13.1. The van der Waals surface area contributed by atoms with Crippen molar-refractivity contribution in [2.75, 3.05) is 5.73 Å². The maximum Gasteiger partial charge on any atom is 0.416 e. The van der Waals surface area contributed by atoms with Crippen LogP contribution in [0.25, 0.3) is 5.69 Å². The summed E-state index contributed by atoms with van der Waals surface area (Å²) >= 11 is -1.91. The molecule has 1 atom stereocenters. The Morgan fingerprint density at radius 2 is 1.77 bits per heavy atom. The molecule has 0 fully saturated rings. The van der Waals surface area contributed by atoms with E-state index < -0.39 is 40.0 Å². The van der Waals surface area contributed by atoms with Crippen LogP contribution in [0.1, 0.15) is 21.6 Å². The maximum atomic E-state index is 13.1. The Kier molecular flexibility index (Phi) is 5.64. The number of hydrogen-bond acceptors (Lipinski definition) is 4. The molecule has 0 radical (unpaired) electrons. The lowest BCUT2D eigenvalue weighted by molar-refractivity contribution is -0.137. The number of alkyl halides is 3. The Morgan fingerprint density at radius 3 is 2.33 bits per heavy atom. The zero-order chi connectivity index (χ0) is 22.2. The van der Waals surface area contributed by atoms with E-state index in [2.05, 4.69) is 0 Å². The summed E-state index contributed by atoms with van der Waals surface area (Å²) < 4.78 is 53.2. The Bertz CT molecular complexity index is 1170. The molecule has 10 heteroatoms. The van der Waals surface area contributed by atoms with Gasteiger partial charge in [0.1, 0.15) is 5.56 Å². The standard InChI is InChI=1S/C20H15F3N2O4S/c1-11-17(30(29)15-7-5-13(24)6-8-15)10-16(19(27)28)18(26)25(11)14-4-2-3-12(9-14)20(21,22)23/h2-10H,24H2,1H3,(H,27,28). The number of carboxylic acids is 1. The highest BCUT2D eigenvalue weighted by atomic mass is 32.2. The molecular weight excluding hydrogens is 421 g/mol. The lowest BCUT2D eigenvalue weighted by Crippen LogP contribution is -2.29. The number of nitrogens with two attached hydrogens (primary N) is 1. The van der Waals surface area contributed by atoms with Gasteiger partial charge in [0, 0.05) is 28.6 Å². The first-order valence-electron chi connectivity index (χ1n) is 8.45. The normalized spacial score (nSPS) is 12.6. The second kappa shape index (κ2) is 7.88. The van der Waals surface area contributed by atoms with Crippen LogP contribution in [-0.2, 0) is 17.4 Å². The second-order valence-electron chi connectivity index (χ2n) is 6.34. The van der Waals surface area contributed by atoms with Crippen LogP contribution in [0.5, 0.6) is 0 Å². The number of hydrogen-bond donors (Lipinski definition) is 2. The third-order valence-electron chi connectivity index (χ3n) is 4.36. The molecule has 156 valence electrons. The minimum absolute atomic E-state index is 0.0193. The van der Waals surface area contributed by atoms with Gasteiger partial charge in [0.25, 0.3) is 5.56 Å². The molecule has 0 spiro atoms. The molecule has 0 bridgehead atoms. The Hall–Kier alpha value is -3.24. The number of pyridine rings is 1. The van der Waals surface area contributed by atoms with Crippen molar-refractivity contribution < 1.29 is 27.6 Å². The summed E-state index contributed by atoms with van der Waals surface area (Å²) in [5, 5.41) is 9.42. The first-order chi connectivity index (χ1) is 14.0. The van der Waals surface area contributed by atoms with E-state index >= 15 is 0 Å². The predicted molar refractivity (Wildman–Crippen MR) is 104 cm³/mol. The largest absolute Gasteiger partial charge is 0.606 e. The van der Waals surface area contributed by atoms with E-state index in [-0.39, 0.29) is 21.2 Å². The fourth-order valence-electron chi connectivity index (χ4n) is 2.87. The van der Waals surface area contributed by atoms with E-state index in [9.17, 15) is 32.4 Å². The van der Waals surface area contributed by atoms with Gasteiger partial charge >= 0.3 is 12.1 Å². The van der Waals surface area contributed by atoms with Crippen LogP contribution in [0.15, 0.2) is 69.2 Å². The summed E-state index contributed by atoms with van der Waals surface area (Å²) in [6.07, 6.45) is -4.66. The lowest BCUT2D eigenvalue weighted by Gasteiger charge is -2.18. The van der Waals surface area contributed by atoms with Crippen LogP contribution >= 0.6 is 0 Å². The van der Waals surface area contributed by atoms with Gasteiger partial charge in [0.2, 0.25) is 0 Å². The van der Waals surface area contributed by atoms with Gasteiger partial charge in [0.15, 0.2) is 9.79 Å². The molecule has 1 heterocycles. The molecule has 0 saturated carbocycles. The summed E-state index contributed by atoms with van der Waals surface area (Å²) in [6.45, 7) is 1.39. The van der Waals surface area contributed by atoms with Gasteiger partial charge in [-0.25, -0.2) is 4.79 Å². The number of halogens is 3. The number of anilines is 1. The van der Waals surface area contributed by atoms with Gasteiger partial charge < -0.3 is 15.4 Å². The SMILES string of the molecule is Cc1c([S+]([O-])c2ccc(N)cc2)cc(C(=O)O)c(=O)n1-c1cccc(C(F)(F)F)c1. The van der Waals surface area contributed by atoms with E-state index in [0.29, 0.717) is 5.69 Å². The number of rotatable bonds is 4. The average Bonchev–Trinajstić information content (AvgIpc) is 2.67. The molecule has 0 amide bonds. The summed E-state index contributed by atoms with van der Waals surface area (Å²) in [5.41, 5.74) is 3.16.